The third-order valence-corrected chi connectivity index (χ3v) is 4.47. The summed E-state index contributed by atoms with van der Waals surface area (Å²) in [7, 11) is 0. The minimum Gasteiger partial charge on any atom is -0.306 e. The minimum absolute atomic E-state index is 0.231. The molecule has 1 unspecified atom stereocenters. The first-order chi connectivity index (χ1) is 10.3. The van der Waals surface area contributed by atoms with E-state index >= 15 is 0 Å². The SMILES string of the molecule is CCCNC(c1cccc(Cl)c1)c1ccc2c(c1)CCC2. The molecule has 2 aromatic carbocycles. The lowest BCUT2D eigenvalue weighted by molar-refractivity contribution is 0.598. The summed E-state index contributed by atoms with van der Waals surface area (Å²) < 4.78 is 0. The van der Waals surface area contributed by atoms with Gasteiger partial charge in [0, 0.05) is 5.02 Å². The third-order valence-electron chi connectivity index (χ3n) is 4.24. The fraction of sp³-hybridized carbons (Fsp3) is 0.368. The lowest BCUT2D eigenvalue weighted by atomic mass is 9.95. The molecule has 110 valence electrons. The summed E-state index contributed by atoms with van der Waals surface area (Å²) in [6.45, 7) is 3.21. The Bertz CT molecular complexity index is 621. The number of halogens is 1. The molecule has 1 atom stereocenters. The molecule has 1 N–H and O–H groups in total. The second-order valence-electron chi connectivity index (χ2n) is 5.82. The highest BCUT2D eigenvalue weighted by Crippen LogP contribution is 2.29. The Hall–Kier alpha value is -1.31. The van der Waals surface area contributed by atoms with Gasteiger partial charge in [-0.25, -0.2) is 0 Å². The maximum atomic E-state index is 6.18. The van der Waals surface area contributed by atoms with Crippen molar-refractivity contribution in [1.82, 2.24) is 5.32 Å². The van der Waals surface area contributed by atoms with E-state index in [0.717, 1.165) is 18.0 Å². The lowest BCUT2D eigenvalue weighted by Crippen LogP contribution is -2.23. The van der Waals surface area contributed by atoms with Crippen LogP contribution < -0.4 is 5.32 Å². The standard InChI is InChI=1S/C19H22ClN/c1-2-11-21-19(16-7-4-8-18(20)13-16)17-10-9-14-5-3-6-15(14)12-17/h4,7-10,12-13,19,21H,2-3,5-6,11H2,1H3. The van der Waals surface area contributed by atoms with Crippen molar-refractivity contribution in [1.29, 1.82) is 0 Å². The molecule has 0 spiro atoms. The third kappa shape index (κ3) is 3.30. The molecule has 21 heavy (non-hydrogen) atoms. The van der Waals surface area contributed by atoms with Gasteiger partial charge in [0.15, 0.2) is 0 Å². The normalized spacial score (nSPS) is 15.0. The Morgan fingerprint density at radius 1 is 1.05 bits per heavy atom. The lowest BCUT2D eigenvalue weighted by Gasteiger charge is -2.21. The molecule has 3 rings (SSSR count). The predicted octanol–water partition coefficient (Wildman–Crippen LogP) is 4.92. The summed E-state index contributed by atoms with van der Waals surface area (Å²) in [6.07, 6.45) is 4.88. The fourth-order valence-electron chi connectivity index (χ4n) is 3.17. The largest absolute Gasteiger partial charge is 0.306 e. The van der Waals surface area contributed by atoms with Crippen molar-refractivity contribution in [3.05, 3.63) is 69.7 Å². The molecule has 0 fully saturated rings. The van der Waals surface area contributed by atoms with Gasteiger partial charge >= 0.3 is 0 Å². The van der Waals surface area contributed by atoms with E-state index in [1.165, 1.54) is 41.5 Å². The van der Waals surface area contributed by atoms with Crippen LogP contribution in [0, 0.1) is 0 Å². The van der Waals surface area contributed by atoms with Crippen LogP contribution >= 0.6 is 11.6 Å². The first kappa shape index (κ1) is 14.6. The average Bonchev–Trinajstić information content (AvgIpc) is 2.95. The van der Waals surface area contributed by atoms with Gasteiger partial charge in [-0.1, -0.05) is 48.9 Å². The first-order valence-electron chi connectivity index (χ1n) is 7.88. The van der Waals surface area contributed by atoms with E-state index in [2.05, 4.69) is 42.6 Å². The van der Waals surface area contributed by atoms with Crippen molar-refractivity contribution in [3.63, 3.8) is 0 Å². The second-order valence-corrected chi connectivity index (χ2v) is 6.26. The van der Waals surface area contributed by atoms with Crippen LogP contribution in [0.1, 0.15) is 48.1 Å². The van der Waals surface area contributed by atoms with Gasteiger partial charge < -0.3 is 5.32 Å². The number of hydrogen-bond acceptors (Lipinski definition) is 1. The molecule has 0 bridgehead atoms. The number of rotatable bonds is 5. The van der Waals surface area contributed by atoms with Crippen molar-refractivity contribution >= 4 is 11.6 Å². The number of hydrogen-bond donors (Lipinski definition) is 1. The molecule has 2 aromatic rings. The number of nitrogens with one attached hydrogen (secondary N) is 1. The average molecular weight is 300 g/mol. The molecule has 0 amide bonds. The Kier molecular flexibility index (Phi) is 4.62. The van der Waals surface area contributed by atoms with Gasteiger partial charge in [-0.05, 0) is 66.6 Å². The van der Waals surface area contributed by atoms with Gasteiger partial charge in [-0.15, -0.1) is 0 Å². The van der Waals surface area contributed by atoms with Crippen LogP contribution in [0.2, 0.25) is 5.02 Å². The molecular formula is C19H22ClN. The van der Waals surface area contributed by atoms with Crippen LogP contribution in [0.5, 0.6) is 0 Å². The molecule has 1 aliphatic rings. The Labute approximate surface area is 132 Å². The van der Waals surface area contributed by atoms with Crippen LogP contribution in [0.25, 0.3) is 0 Å². The molecule has 0 saturated carbocycles. The highest BCUT2D eigenvalue weighted by molar-refractivity contribution is 6.30. The van der Waals surface area contributed by atoms with E-state index in [-0.39, 0.29) is 6.04 Å². The summed E-state index contributed by atoms with van der Waals surface area (Å²) in [5, 5.41) is 4.46. The van der Waals surface area contributed by atoms with Crippen molar-refractivity contribution in [3.8, 4) is 0 Å². The molecule has 1 aliphatic carbocycles. The molecule has 0 aliphatic heterocycles. The Morgan fingerprint density at radius 2 is 1.86 bits per heavy atom. The topological polar surface area (TPSA) is 12.0 Å². The highest BCUT2D eigenvalue weighted by atomic mass is 35.5. The molecule has 0 saturated heterocycles. The molecule has 0 radical (unpaired) electrons. The van der Waals surface area contributed by atoms with Gasteiger partial charge in [-0.3, -0.25) is 0 Å². The highest BCUT2D eigenvalue weighted by Gasteiger charge is 2.17. The number of fused-ring (bicyclic) bond motifs is 1. The molecule has 0 aromatic heterocycles. The zero-order valence-electron chi connectivity index (χ0n) is 12.5. The summed E-state index contributed by atoms with van der Waals surface area (Å²) in [4.78, 5) is 0. The van der Waals surface area contributed by atoms with Crippen LogP contribution in [-0.2, 0) is 12.8 Å². The second kappa shape index (κ2) is 6.64. The summed E-state index contributed by atoms with van der Waals surface area (Å²) in [6, 6.07) is 15.4. The fourth-order valence-corrected chi connectivity index (χ4v) is 3.37. The van der Waals surface area contributed by atoms with Crippen molar-refractivity contribution < 1.29 is 0 Å². The van der Waals surface area contributed by atoms with E-state index in [0.29, 0.717) is 0 Å². The number of benzene rings is 2. The smallest absolute Gasteiger partial charge is 0.0577 e. The molecule has 2 heteroatoms. The monoisotopic (exact) mass is 299 g/mol. The van der Waals surface area contributed by atoms with Crippen LogP contribution in [0.4, 0.5) is 0 Å². The van der Waals surface area contributed by atoms with Gasteiger partial charge in [0.05, 0.1) is 6.04 Å². The quantitative estimate of drug-likeness (QED) is 0.826. The van der Waals surface area contributed by atoms with Crippen LogP contribution in [0.3, 0.4) is 0 Å². The summed E-state index contributed by atoms with van der Waals surface area (Å²) in [5.74, 6) is 0. The first-order valence-corrected chi connectivity index (χ1v) is 8.26. The van der Waals surface area contributed by atoms with E-state index in [4.69, 9.17) is 11.6 Å². The van der Waals surface area contributed by atoms with E-state index < -0.39 is 0 Å². The van der Waals surface area contributed by atoms with Crippen molar-refractivity contribution in [2.75, 3.05) is 6.54 Å². The van der Waals surface area contributed by atoms with Crippen LogP contribution in [-0.4, -0.2) is 6.54 Å². The Morgan fingerprint density at radius 3 is 2.67 bits per heavy atom. The van der Waals surface area contributed by atoms with E-state index in [9.17, 15) is 0 Å². The maximum Gasteiger partial charge on any atom is 0.0577 e. The van der Waals surface area contributed by atoms with Crippen molar-refractivity contribution in [2.24, 2.45) is 0 Å². The zero-order chi connectivity index (χ0) is 14.7. The predicted molar refractivity (Wildman–Crippen MR) is 90.1 cm³/mol. The molecular weight excluding hydrogens is 278 g/mol. The maximum absolute atomic E-state index is 6.18. The van der Waals surface area contributed by atoms with E-state index in [1.807, 2.05) is 12.1 Å². The van der Waals surface area contributed by atoms with Gasteiger partial charge in [0.2, 0.25) is 0 Å². The van der Waals surface area contributed by atoms with Gasteiger partial charge in [0.1, 0.15) is 0 Å². The Balaban J connectivity index is 1.95. The number of aryl methyl sites for hydroxylation is 2. The van der Waals surface area contributed by atoms with E-state index in [1.54, 1.807) is 0 Å². The minimum atomic E-state index is 0.231. The molecule has 0 heterocycles. The summed E-state index contributed by atoms with van der Waals surface area (Å²) >= 11 is 6.18. The summed E-state index contributed by atoms with van der Waals surface area (Å²) in [5.41, 5.74) is 5.65. The zero-order valence-corrected chi connectivity index (χ0v) is 13.3. The van der Waals surface area contributed by atoms with Gasteiger partial charge in [0.25, 0.3) is 0 Å². The van der Waals surface area contributed by atoms with Crippen LogP contribution in [0.15, 0.2) is 42.5 Å². The molecule has 1 nitrogen and oxygen atoms in total. The van der Waals surface area contributed by atoms with Crippen molar-refractivity contribution in [2.45, 2.75) is 38.6 Å². The van der Waals surface area contributed by atoms with Gasteiger partial charge in [-0.2, -0.15) is 0 Å².